The molecule has 0 aromatic heterocycles. The van der Waals surface area contributed by atoms with Gasteiger partial charge in [0.05, 0.1) is 0 Å². The normalized spacial score (nSPS) is 37.3. The highest BCUT2D eigenvalue weighted by molar-refractivity contribution is 6.71. The molecular weight excluding hydrogens is 584 g/mol. The van der Waals surface area contributed by atoms with Gasteiger partial charge in [-0.2, -0.15) is 19.6 Å². The maximum Gasteiger partial charge on any atom is 0.407 e. The predicted molar refractivity (Wildman–Crippen MR) is 149 cm³/mol. The number of hydrogen-bond donors (Lipinski definition) is 0. The maximum atomic E-state index is 6.18. The fraction of sp³-hybridized carbons (Fsp3) is 1.00. The second-order valence-electron chi connectivity index (χ2n) is 13.7. The molecule has 0 bridgehead atoms. The van der Waals surface area contributed by atoms with E-state index in [-0.39, 0.29) is 0 Å². The van der Waals surface area contributed by atoms with Crippen LogP contribution in [0, 0.1) is 0 Å². The Kier molecular flexibility index (Phi) is 10.2. The van der Waals surface area contributed by atoms with E-state index in [0.717, 1.165) is 77.0 Å². The smallest absolute Gasteiger partial charge is 0.246 e. The van der Waals surface area contributed by atoms with Gasteiger partial charge in [-0.15, -0.1) is 0 Å². The molecule has 2 aliphatic heterocycles. The average Bonchev–Trinajstić information content (AvgIpc) is 3.12. The zero-order chi connectivity index (χ0) is 29.0. The van der Waals surface area contributed by atoms with Crippen LogP contribution in [0.2, 0.25) is 25.2 Å². The lowest BCUT2D eigenvalue weighted by Gasteiger charge is -2.38. The number of rotatable bonds is 3. The van der Waals surface area contributed by atoms with Crippen molar-refractivity contribution in [3.63, 3.8) is 0 Å². The summed E-state index contributed by atoms with van der Waals surface area (Å²) in [5.41, 5.74) is 0. The summed E-state index contributed by atoms with van der Waals surface area (Å²) in [6.07, 6.45) is 17.7. The molecule has 4 spiro atoms. The first-order chi connectivity index (χ1) is 20.3. The van der Waals surface area contributed by atoms with Crippen molar-refractivity contribution in [1.29, 1.82) is 0 Å². The standard InChI is InChI=1S/C28H50O12Si2/c1-41(37-33-25(15-7-3-8-16-25)29-30-26(34-38-41)17-9-4-10-18-26)23-24-42(2)39-35-27(19-11-5-12-20-27)31-32-28(36-40-42)21-13-6-14-22-28/h3-24H2,1-2H3. The van der Waals surface area contributed by atoms with Gasteiger partial charge < -0.3 is 0 Å². The molecule has 0 N–H and O–H groups in total. The molecule has 0 unspecified atom stereocenters. The highest BCUT2D eigenvalue weighted by Gasteiger charge is 2.54. The Balaban J connectivity index is 1.19. The Hall–Kier alpha value is -0.0462. The van der Waals surface area contributed by atoms with E-state index in [1.54, 1.807) is 0 Å². The van der Waals surface area contributed by atoms with Crippen molar-refractivity contribution >= 4 is 17.1 Å². The minimum Gasteiger partial charge on any atom is -0.246 e. The van der Waals surface area contributed by atoms with E-state index in [2.05, 4.69) is 0 Å². The summed E-state index contributed by atoms with van der Waals surface area (Å²) in [7, 11) is -6.29. The topological polar surface area (TPSA) is 111 Å². The third-order valence-electron chi connectivity index (χ3n) is 9.66. The highest BCUT2D eigenvalue weighted by atomic mass is 28.4. The van der Waals surface area contributed by atoms with Gasteiger partial charge in [0.15, 0.2) is 0 Å². The van der Waals surface area contributed by atoms with E-state index in [1.165, 1.54) is 0 Å². The highest BCUT2D eigenvalue weighted by Crippen LogP contribution is 2.44. The predicted octanol–water partition coefficient (Wildman–Crippen LogP) is 7.49. The van der Waals surface area contributed by atoms with Crippen molar-refractivity contribution in [2.45, 2.75) is 177 Å². The van der Waals surface area contributed by atoms with Crippen LogP contribution in [0.1, 0.15) is 128 Å². The molecule has 0 aromatic carbocycles. The molecule has 6 rings (SSSR count). The quantitative estimate of drug-likeness (QED) is 0.227. The Morgan fingerprint density at radius 3 is 0.762 bits per heavy atom. The van der Waals surface area contributed by atoms with Crippen molar-refractivity contribution in [2.75, 3.05) is 0 Å². The molecule has 0 atom stereocenters. The zero-order valence-electron chi connectivity index (χ0n) is 25.5. The van der Waals surface area contributed by atoms with Crippen LogP contribution in [-0.4, -0.2) is 40.3 Å². The van der Waals surface area contributed by atoms with Gasteiger partial charge in [-0.3, -0.25) is 0 Å². The Labute approximate surface area is 251 Å². The first-order valence-electron chi connectivity index (χ1n) is 16.5. The minimum atomic E-state index is -3.14. The second-order valence-corrected chi connectivity index (χ2v) is 19.9. The van der Waals surface area contributed by atoms with Crippen LogP contribution < -0.4 is 0 Å². The van der Waals surface area contributed by atoms with Gasteiger partial charge in [-0.1, -0.05) is 25.7 Å². The largest absolute Gasteiger partial charge is 0.407 e. The molecule has 242 valence electrons. The SMILES string of the molecule is C[Si]1(CC[Si]2(C)OOC3(CCCCC3)OOC3(CCCCC3)OO2)OOC2(CCCCC2)OOC2(CCCCC2)OO1. The van der Waals surface area contributed by atoms with Gasteiger partial charge in [0.1, 0.15) is 0 Å². The monoisotopic (exact) mass is 634 g/mol. The molecule has 2 heterocycles. The van der Waals surface area contributed by atoms with Crippen LogP contribution in [0.3, 0.4) is 0 Å². The molecule has 0 radical (unpaired) electrons. The lowest BCUT2D eigenvalue weighted by molar-refractivity contribution is -0.555. The molecule has 2 saturated heterocycles. The van der Waals surface area contributed by atoms with E-state index in [4.69, 9.17) is 57.4 Å². The van der Waals surface area contributed by atoms with Crippen molar-refractivity contribution < 1.29 is 57.4 Å². The van der Waals surface area contributed by atoms with E-state index in [1.807, 2.05) is 13.1 Å². The van der Waals surface area contributed by atoms with E-state index in [9.17, 15) is 0 Å². The molecule has 0 aromatic rings. The molecule has 42 heavy (non-hydrogen) atoms. The summed E-state index contributed by atoms with van der Waals surface area (Å²) >= 11 is 0. The van der Waals surface area contributed by atoms with Crippen molar-refractivity contribution in [1.82, 2.24) is 0 Å². The fourth-order valence-corrected chi connectivity index (χ4v) is 12.0. The first kappa shape index (κ1) is 31.9. The fourth-order valence-electron chi connectivity index (χ4n) is 6.69. The van der Waals surface area contributed by atoms with Crippen LogP contribution in [0.25, 0.3) is 0 Å². The lowest BCUT2D eigenvalue weighted by Crippen LogP contribution is -2.49. The number of hydrogen-bond acceptors (Lipinski definition) is 12. The Morgan fingerprint density at radius 2 is 0.548 bits per heavy atom. The third-order valence-corrected chi connectivity index (χ3v) is 14.2. The van der Waals surface area contributed by atoms with Gasteiger partial charge in [0.2, 0.25) is 23.1 Å². The molecule has 6 aliphatic rings. The van der Waals surface area contributed by atoms with Gasteiger partial charge in [0.25, 0.3) is 0 Å². The summed E-state index contributed by atoms with van der Waals surface area (Å²) in [5, 5.41) is 0. The van der Waals surface area contributed by atoms with Gasteiger partial charge >= 0.3 is 17.1 Å². The Bertz CT molecular complexity index is 739. The Morgan fingerprint density at radius 1 is 0.333 bits per heavy atom. The summed E-state index contributed by atoms with van der Waals surface area (Å²) in [6, 6.07) is 0.882. The van der Waals surface area contributed by atoms with Gasteiger partial charge in [-0.05, 0) is 76.5 Å². The molecule has 12 nitrogen and oxygen atoms in total. The van der Waals surface area contributed by atoms with E-state index < -0.39 is 40.3 Å². The first-order valence-corrected chi connectivity index (χ1v) is 21.5. The van der Waals surface area contributed by atoms with Crippen LogP contribution in [-0.2, 0) is 57.4 Å². The van der Waals surface area contributed by atoms with E-state index >= 15 is 0 Å². The zero-order valence-corrected chi connectivity index (χ0v) is 27.5. The third kappa shape index (κ3) is 7.66. The van der Waals surface area contributed by atoms with Crippen molar-refractivity contribution in [2.24, 2.45) is 0 Å². The summed E-state index contributed by atoms with van der Waals surface area (Å²) in [6.45, 7) is 3.86. The maximum absolute atomic E-state index is 6.18. The molecule has 14 heteroatoms. The minimum absolute atomic E-state index is 0.441. The molecule has 0 amide bonds. The molecule has 6 fully saturated rings. The van der Waals surface area contributed by atoms with E-state index in [0.29, 0.717) is 63.5 Å². The van der Waals surface area contributed by atoms with Gasteiger partial charge in [0, 0.05) is 51.4 Å². The second kappa shape index (κ2) is 13.4. The molecule has 4 saturated carbocycles. The summed E-state index contributed by atoms with van der Waals surface area (Å²) in [4.78, 5) is 48.5. The van der Waals surface area contributed by atoms with Crippen LogP contribution in [0.4, 0.5) is 0 Å². The summed E-state index contributed by atoms with van der Waals surface area (Å²) < 4.78 is 24.7. The lowest BCUT2D eigenvalue weighted by atomic mass is 9.94. The van der Waals surface area contributed by atoms with Crippen molar-refractivity contribution in [3.8, 4) is 0 Å². The molecule has 4 aliphatic carbocycles. The van der Waals surface area contributed by atoms with Crippen molar-refractivity contribution in [3.05, 3.63) is 0 Å². The van der Waals surface area contributed by atoms with Crippen LogP contribution in [0.5, 0.6) is 0 Å². The van der Waals surface area contributed by atoms with Gasteiger partial charge in [-0.25, -0.2) is 37.9 Å². The molecular formula is C28H50O12Si2. The summed E-state index contributed by atoms with van der Waals surface area (Å²) in [5.74, 6) is -3.94. The average molecular weight is 635 g/mol. The van der Waals surface area contributed by atoms with Crippen LogP contribution in [0.15, 0.2) is 0 Å². The van der Waals surface area contributed by atoms with Crippen LogP contribution >= 0.6 is 0 Å².